The van der Waals surface area contributed by atoms with Crippen molar-refractivity contribution in [3.63, 3.8) is 0 Å². The second-order valence-corrected chi connectivity index (χ2v) is 11.8. The highest BCUT2D eigenvalue weighted by molar-refractivity contribution is 6.28. The molecule has 7 rings (SSSR count). The van der Waals surface area contributed by atoms with E-state index in [1.807, 2.05) is 34.9 Å². The first-order valence-electron chi connectivity index (χ1n) is 15.6. The molecule has 0 bridgehead atoms. The summed E-state index contributed by atoms with van der Waals surface area (Å²) in [5.74, 6) is 0.933. The Balaban J connectivity index is 1.57. The summed E-state index contributed by atoms with van der Waals surface area (Å²) < 4.78 is 4.37. The first-order valence-corrected chi connectivity index (χ1v) is 15.6. The number of likely N-dealkylation sites (N-methyl/N-ethyl adjacent to an activating group) is 1. The van der Waals surface area contributed by atoms with Crippen LogP contribution in [-0.4, -0.2) is 38.4 Å². The van der Waals surface area contributed by atoms with Gasteiger partial charge in [0, 0.05) is 39.8 Å². The lowest BCUT2D eigenvalue weighted by Gasteiger charge is -2.38. The molecule has 0 fully saturated rings. The maximum atomic E-state index is 9.73. The third-order valence-corrected chi connectivity index (χ3v) is 9.27. The largest absolute Gasteiger partial charge is 0.350 e. The summed E-state index contributed by atoms with van der Waals surface area (Å²) in [6, 6.07) is 42.1. The van der Waals surface area contributed by atoms with Gasteiger partial charge in [0.05, 0.1) is 27.6 Å². The predicted octanol–water partition coefficient (Wildman–Crippen LogP) is 9.80. The predicted molar refractivity (Wildman–Crippen MR) is 191 cm³/mol. The molecule has 2 aromatic heterocycles. The topological polar surface area (TPSA) is 49.3 Å². The number of aromatic nitrogens is 2. The number of hydrogen-bond donors (Lipinski definition) is 1. The molecule has 2 heterocycles. The van der Waals surface area contributed by atoms with Crippen LogP contribution in [0.15, 0.2) is 138 Å². The summed E-state index contributed by atoms with van der Waals surface area (Å²) in [5.41, 5.74) is 5.99. The van der Waals surface area contributed by atoms with Gasteiger partial charge in [-0.25, -0.2) is 0 Å². The van der Waals surface area contributed by atoms with E-state index in [1.165, 1.54) is 0 Å². The number of nitrogens with zero attached hydrogens (tertiary/aromatic N) is 4. The van der Waals surface area contributed by atoms with Gasteiger partial charge in [0.25, 0.3) is 0 Å². The van der Waals surface area contributed by atoms with Crippen molar-refractivity contribution >= 4 is 55.4 Å². The van der Waals surface area contributed by atoms with Gasteiger partial charge in [-0.15, -0.1) is 0 Å². The molecule has 5 heteroatoms. The fourth-order valence-corrected chi connectivity index (χ4v) is 6.72. The molecule has 0 saturated heterocycles. The van der Waals surface area contributed by atoms with E-state index in [2.05, 4.69) is 140 Å². The van der Waals surface area contributed by atoms with Gasteiger partial charge in [0.1, 0.15) is 5.84 Å². The first kappa shape index (κ1) is 28.4. The van der Waals surface area contributed by atoms with Crippen LogP contribution in [0.1, 0.15) is 32.8 Å². The van der Waals surface area contributed by atoms with Gasteiger partial charge in [-0.2, -0.15) is 4.99 Å². The lowest BCUT2D eigenvalue weighted by Crippen LogP contribution is -2.46. The molecule has 1 unspecified atom stereocenters. The van der Waals surface area contributed by atoms with E-state index < -0.39 is 0 Å². The average molecular weight is 588 g/mol. The number of fused-ring (bicyclic) bond motifs is 7. The molecule has 1 atom stereocenters. The highest BCUT2D eigenvalue weighted by Gasteiger charge is 2.29. The molecule has 0 saturated carbocycles. The van der Waals surface area contributed by atoms with Crippen LogP contribution in [-0.2, 0) is 0 Å². The number of para-hydroxylation sites is 3. The second kappa shape index (κ2) is 11.3. The van der Waals surface area contributed by atoms with Crippen molar-refractivity contribution in [3.05, 3.63) is 139 Å². The number of hydrogen-bond acceptors (Lipinski definition) is 1. The van der Waals surface area contributed by atoms with Crippen LogP contribution in [0, 0.1) is 5.41 Å². The van der Waals surface area contributed by atoms with Gasteiger partial charge in [0.2, 0.25) is 5.96 Å². The molecule has 5 aromatic carbocycles. The van der Waals surface area contributed by atoms with Crippen molar-refractivity contribution in [2.45, 2.75) is 32.7 Å². The smallest absolute Gasteiger partial charge is 0.229 e. The summed E-state index contributed by atoms with van der Waals surface area (Å²) in [7, 11) is 2.08. The molecular weight excluding hydrogens is 550 g/mol. The van der Waals surface area contributed by atoms with Crippen molar-refractivity contribution < 1.29 is 0 Å². The Morgan fingerprint density at radius 2 is 1.38 bits per heavy atom. The van der Waals surface area contributed by atoms with Gasteiger partial charge in [0.15, 0.2) is 0 Å². The Morgan fingerprint density at radius 1 is 0.756 bits per heavy atom. The van der Waals surface area contributed by atoms with Crippen LogP contribution in [0.2, 0.25) is 0 Å². The van der Waals surface area contributed by atoms with E-state index in [0.29, 0.717) is 0 Å². The molecule has 0 aliphatic rings. The van der Waals surface area contributed by atoms with E-state index in [1.54, 1.807) is 0 Å². The molecule has 0 aliphatic heterocycles. The van der Waals surface area contributed by atoms with Crippen molar-refractivity contribution in [1.82, 2.24) is 14.0 Å². The average Bonchev–Trinajstić information content (AvgIpc) is 3.60. The van der Waals surface area contributed by atoms with E-state index in [0.717, 1.165) is 67.1 Å². The number of rotatable bonds is 5. The van der Waals surface area contributed by atoms with Crippen LogP contribution in [0.5, 0.6) is 0 Å². The second-order valence-electron chi connectivity index (χ2n) is 11.8. The lowest BCUT2D eigenvalue weighted by molar-refractivity contribution is 0.285. The van der Waals surface area contributed by atoms with E-state index in [9.17, 15) is 5.41 Å². The zero-order chi connectivity index (χ0) is 31.1. The molecule has 0 aliphatic carbocycles. The zero-order valence-electron chi connectivity index (χ0n) is 26.2. The van der Waals surface area contributed by atoms with E-state index in [4.69, 9.17) is 4.99 Å². The lowest BCUT2D eigenvalue weighted by atomic mass is 9.95. The van der Waals surface area contributed by atoms with Crippen molar-refractivity contribution in [2.24, 2.45) is 4.99 Å². The van der Waals surface area contributed by atoms with Gasteiger partial charge in [-0.3, -0.25) is 9.98 Å². The summed E-state index contributed by atoms with van der Waals surface area (Å²) in [5, 5.41) is 14.2. The highest BCUT2D eigenvalue weighted by atomic mass is 15.3. The third kappa shape index (κ3) is 4.54. The van der Waals surface area contributed by atoms with Gasteiger partial charge < -0.3 is 9.47 Å². The monoisotopic (exact) mass is 587 g/mol. The molecule has 222 valence electrons. The maximum absolute atomic E-state index is 9.73. The number of amidine groups is 1. The van der Waals surface area contributed by atoms with Gasteiger partial charge >= 0.3 is 0 Å². The number of allylic oxidation sites excluding steroid dienone is 1. The molecular formula is C40H37N5. The highest BCUT2D eigenvalue weighted by Crippen LogP contribution is 2.40. The number of benzene rings is 5. The Morgan fingerprint density at radius 3 is 2.07 bits per heavy atom. The normalized spacial score (nSPS) is 13.7. The minimum atomic E-state index is -0.277. The molecule has 1 N–H and O–H groups in total. The molecule has 5 nitrogen and oxygen atoms in total. The Bertz CT molecular complexity index is 2250. The zero-order valence-corrected chi connectivity index (χ0v) is 26.2. The van der Waals surface area contributed by atoms with Crippen molar-refractivity contribution in [1.29, 1.82) is 5.41 Å². The van der Waals surface area contributed by atoms with Crippen LogP contribution >= 0.6 is 0 Å². The van der Waals surface area contributed by atoms with Gasteiger partial charge in [-0.1, -0.05) is 110 Å². The molecule has 45 heavy (non-hydrogen) atoms. The van der Waals surface area contributed by atoms with Crippen LogP contribution in [0.4, 0.5) is 0 Å². The summed E-state index contributed by atoms with van der Waals surface area (Å²) >= 11 is 0. The summed E-state index contributed by atoms with van der Waals surface area (Å²) in [6.07, 6.45) is 5.21. The Hall–Kier alpha value is -5.42. The number of aliphatic imine (C=N–C) groups is 1. The Labute approximate surface area is 263 Å². The standard InChI is InChI=1S/C40H37N5/c1-5-27-40(3,6-2)43(4)38(28-17-9-7-10-18-28)42-39(41)45-33-23-15-13-21-30(33)31-25-26-35-36(37(31)45)32-22-14-16-24-34(32)44(35)29-19-11-8-12-20-29/h5,7-27,41H,6H2,1-4H3/b27-5-,41-39?,42-38-. The maximum Gasteiger partial charge on any atom is 0.229 e. The fourth-order valence-electron chi connectivity index (χ4n) is 6.72. The molecule has 0 spiro atoms. The van der Waals surface area contributed by atoms with Crippen LogP contribution in [0.25, 0.3) is 49.3 Å². The molecule has 0 amide bonds. The molecule has 0 radical (unpaired) electrons. The van der Waals surface area contributed by atoms with Crippen LogP contribution in [0.3, 0.4) is 0 Å². The Kier molecular flexibility index (Phi) is 7.09. The quantitative estimate of drug-likeness (QED) is 0.122. The van der Waals surface area contributed by atoms with Crippen molar-refractivity contribution in [2.75, 3.05) is 7.05 Å². The fraction of sp³-hybridized carbons (Fsp3) is 0.150. The minimum Gasteiger partial charge on any atom is -0.350 e. The summed E-state index contributed by atoms with van der Waals surface area (Å²) in [6.45, 7) is 6.46. The van der Waals surface area contributed by atoms with Gasteiger partial charge in [-0.05, 0) is 50.6 Å². The van der Waals surface area contributed by atoms with E-state index >= 15 is 0 Å². The molecule has 7 aromatic rings. The third-order valence-electron chi connectivity index (χ3n) is 9.27. The van der Waals surface area contributed by atoms with Crippen LogP contribution < -0.4 is 0 Å². The summed E-state index contributed by atoms with van der Waals surface area (Å²) in [4.78, 5) is 7.40. The minimum absolute atomic E-state index is 0.176. The SMILES string of the molecule is C/C=C\C(C)(CC)N(C)/C(=N\C(=N)n1c2ccccc2c2ccc3c(c4ccccc4n3-c3ccccc3)c21)c1ccccc1. The number of nitrogens with one attached hydrogen (secondary N) is 1. The first-order chi connectivity index (χ1) is 22.0. The van der Waals surface area contributed by atoms with Crippen molar-refractivity contribution in [3.8, 4) is 5.69 Å². The van der Waals surface area contributed by atoms with E-state index in [-0.39, 0.29) is 11.5 Å².